The van der Waals surface area contributed by atoms with Gasteiger partial charge in [-0.1, -0.05) is 65.1 Å². The fourth-order valence-corrected chi connectivity index (χ4v) is 4.90. The van der Waals surface area contributed by atoms with Crippen LogP contribution in [0.15, 0.2) is 52.4 Å². The van der Waals surface area contributed by atoms with E-state index in [9.17, 15) is 8.42 Å². The van der Waals surface area contributed by atoms with Crippen molar-refractivity contribution in [3.05, 3.63) is 63.1 Å². The summed E-state index contributed by atoms with van der Waals surface area (Å²) < 4.78 is 27.2. The lowest BCUT2D eigenvalue weighted by molar-refractivity contribution is 0.535. The van der Waals surface area contributed by atoms with Crippen molar-refractivity contribution >= 4 is 50.7 Å². The van der Waals surface area contributed by atoms with Crippen LogP contribution in [-0.4, -0.2) is 31.6 Å². The zero-order valence-corrected chi connectivity index (χ0v) is 15.5. The maximum absolute atomic E-state index is 13.0. The summed E-state index contributed by atoms with van der Waals surface area (Å²) in [7, 11) is -3.85. The molecule has 0 radical (unpaired) electrons. The highest BCUT2D eigenvalue weighted by atomic mass is 35.5. The molecule has 0 N–H and O–H groups in total. The molecular formula is C16H13Cl3N2O2S. The van der Waals surface area contributed by atoms with Gasteiger partial charge in [-0.15, -0.1) is 0 Å². The van der Waals surface area contributed by atoms with E-state index in [2.05, 4.69) is 4.99 Å². The highest BCUT2D eigenvalue weighted by Crippen LogP contribution is 2.36. The van der Waals surface area contributed by atoms with Gasteiger partial charge in [0.1, 0.15) is 10.7 Å². The molecule has 1 aliphatic rings. The predicted molar refractivity (Wildman–Crippen MR) is 97.8 cm³/mol. The van der Waals surface area contributed by atoms with Gasteiger partial charge in [-0.3, -0.25) is 9.30 Å². The molecule has 1 aliphatic heterocycles. The summed E-state index contributed by atoms with van der Waals surface area (Å²) in [6.07, 6.45) is 0.430. The van der Waals surface area contributed by atoms with Crippen LogP contribution in [0, 0.1) is 0 Å². The Morgan fingerprint density at radius 3 is 2.42 bits per heavy atom. The smallest absolute Gasteiger partial charge is 0.266 e. The summed E-state index contributed by atoms with van der Waals surface area (Å²) in [5.74, 6) is 0.489. The van der Waals surface area contributed by atoms with E-state index >= 15 is 0 Å². The monoisotopic (exact) mass is 402 g/mol. The predicted octanol–water partition coefficient (Wildman–Crippen LogP) is 4.29. The zero-order chi connectivity index (χ0) is 17.3. The van der Waals surface area contributed by atoms with Crippen molar-refractivity contribution in [3.63, 3.8) is 0 Å². The van der Waals surface area contributed by atoms with Gasteiger partial charge in [-0.05, 0) is 17.7 Å². The van der Waals surface area contributed by atoms with Gasteiger partial charge in [0.05, 0.1) is 28.2 Å². The van der Waals surface area contributed by atoms with E-state index in [0.717, 1.165) is 5.56 Å². The third-order valence-corrected chi connectivity index (χ3v) is 6.93. The minimum atomic E-state index is -3.85. The Labute approximate surface area is 155 Å². The van der Waals surface area contributed by atoms with Crippen LogP contribution in [0.5, 0.6) is 0 Å². The number of rotatable bonds is 4. The van der Waals surface area contributed by atoms with Crippen molar-refractivity contribution in [2.24, 2.45) is 4.99 Å². The number of aliphatic imine (C=N–C) groups is 1. The maximum atomic E-state index is 13.0. The molecule has 0 aromatic heterocycles. The van der Waals surface area contributed by atoms with Crippen LogP contribution >= 0.6 is 34.8 Å². The van der Waals surface area contributed by atoms with Crippen LogP contribution in [-0.2, 0) is 16.4 Å². The van der Waals surface area contributed by atoms with Crippen LogP contribution in [0.1, 0.15) is 5.56 Å². The van der Waals surface area contributed by atoms with Crippen LogP contribution in [0.2, 0.25) is 15.1 Å². The second kappa shape index (κ2) is 6.92. The van der Waals surface area contributed by atoms with Gasteiger partial charge >= 0.3 is 0 Å². The highest BCUT2D eigenvalue weighted by molar-refractivity contribution is 7.89. The lowest BCUT2D eigenvalue weighted by atomic mass is 10.1. The normalized spacial score (nSPS) is 14.8. The molecule has 0 atom stereocenters. The fraction of sp³-hybridized carbons (Fsp3) is 0.188. The number of nitrogens with zero attached hydrogens (tertiary/aromatic N) is 2. The minimum Gasteiger partial charge on any atom is -0.269 e. The first-order valence-electron chi connectivity index (χ1n) is 7.15. The molecule has 0 bridgehead atoms. The Balaban J connectivity index is 1.95. The maximum Gasteiger partial charge on any atom is 0.266 e. The van der Waals surface area contributed by atoms with Crippen LogP contribution in [0.3, 0.4) is 0 Å². The van der Waals surface area contributed by atoms with Crippen molar-refractivity contribution in [3.8, 4) is 0 Å². The van der Waals surface area contributed by atoms with Crippen molar-refractivity contribution < 1.29 is 8.42 Å². The first kappa shape index (κ1) is 17.5. The molecule has 8 heteroatoms. The van der Waals surface area contributed by atoms with E-state index < -0.39 is 10.0 Å². The number of amidine groups is 1. The lowest BCUT2D eigenvalue weighted by Gasteiger charge is -2.21. The standard InChI is InChI=1S/C16H13Cl3N2O2S/c17-12-6-7-13(16(19)15(12)18)24(22,23)21-9-8-20-14(21)10-11-4-2-1-3-5-11/h1-7H,8-10H2. The lowest BCUT2D eigenvalue weighted by Crippen LogP contribution is -2.35. The number of benzene rings is 2. The van der Waals surface area contributed by atoms with Gasteiger partial charge in [0.2, 0.25) is 0 Å². The van der Waals surface area contributed by atoms with Crippen molar-refractivity contribution in [1.82, 2.24) is 4.31 Å². The number of hydrogen-bond acceptors (Lipinski definition) is 3. The van der Waals surface area contributed by atoms with E-state index in [1.165, 1.54) is 16.4 Å². The molecular weight excluding hydrogens is 391 g/mol. The van der Waals surface area contributed by atoms with E-state index in [1.807, 2.05) is 30.3 Å². The molecule has 0 fully saturated rings. The molecule has 0 saturated heterocycles. The molecule has 1 heterocycles. The Kier molecular flexibility index (Phi) is 5.06. The van der Waals surface area contributed by atoms with Gasteiger partial charge in [0.25, 0.3) is 10.0 Å². The quantitative estimate of drug-likeness (QED) is 0.715. The van der Waals surface area contributed by atoms with E-state index in [-0.39, 0.29) is 26.5 Å². The molecule has 126 valence electrons. The molecule has 0 spiro atoms. The summed E-state index contributed by atoms with van der Waals surface area (Å²) in [6.45, 7) is 0.696. The SMILES string of the molecule is O=S(=O)(c1ccc(Cl)c(Cl)c1Cl)N1CCN=C1Cc1ccccc1. The first-order valence-corrected chi connectivity index (χ1v) is 9.72. The minimum absolute atomic E-state index is 0.0279. The number of sulfonamides is 1. The number of halogens is 3. The van der Waals surface area contributed by atoms with Gasteiger partial charge in [-0.2, -0.15) is 0 Å². The van der Waals surface area contributed by atoms with E-state index in [1.54, 1.807) is 0 Å². The second-order valence-electron chi connectivity index (χ2n) is 5.21. The average Bonchev–Trinajstić information content (AvgIpc) is 3.02. The first-order chi connectivity index (χ1) is 11.4. The van der Waals surface area contributed by atoms with E-state index in [4.69, 9.17) is 34.8 Å². The van der Waals surface area contributed by atoms with Gasteiger partial charge in [0, 0.05) is 6.42 Å². The second-order valence-corrected chi connectivity index (χ2v) is 8.20. The number of hydrogen-bond donors (Lipinski definition) is 0. The van der Waals surface area contributed by atoms with Crippen LogP contribution in [0.4, 0.5) is 0 Å². The molecule has 0 aliphatic carbocycles. The Bertz CT molecular complexity index is 899. The zero-order valence-electron chi connectivity index (χ0n) is 12.4. The van der Waals surface area contributed by atoms with Crippen LogP contribution < -0.4 is 0 Å². The summed E-state index contributed by atoms with van der Waals surface area (Å²) in [4.78, 5) is 4.27. The Hall–Kier alpha value is -1.27. The summed E-state index contributed by atoms with van der Waals surface area (Å²) in [5.41, 5.74) is 0.985. The fourth-order valence-electron chi connectivity index (χ4n) is 2.49. The van der Waals surface area contributed by atoms with Crippen molar-refractivity contribution in [2.45, 2.75) is 11.3 Å². The molecule has 0 saturated carbocycles. The molecule has 24 heavy (non-hydrogen) atoms. The van der Waals surface area contributed by atoms with E-state index in [0.29, 0.717) is 18.8 Å². The molecule has 2 aromatic carbocycles. The summed E-state index contributed by atoms with van der Waals surface area (Å²) in [6, 6.07) is 12.4. The van der Waals surface area contributed by atoms with Gasteiger partial charge < -0.3 is 0 Å². The summed E-state index contributed by atoms with van der Waals surface area (Å²) >= 11 is 18.0. The third kappa shape index (κ3) is 3.26. The van der Waals surface area contributed by atoms with Crippen molar-refractivity contribution in [2.75, 3.05) is 13.1 Å². The Morgan fingerprint density at radius 1 is 1.00 bits per heavy atom. The van der Waals surface area contributed by atoms with Crippen LogP contribution in [0.25, 0.3) is 0 Å². The van der Waals surface area contributed by atoms with Gasteiger partial charge in [0.15, 0.2) is 0 Å². The third-order valence-electron chi connectivity index (χ3n) is 3.66. The molecule has 4 nitrogen and oxygen atoms in total. The molecule has 2 aromatic rings. The molecule has 0 unspecified atom stereocenters. The van der Waals surface area contributed by atoms with Crippen molar-refractivity contribution in [1.29, 1.82) is 0 Å². The highest BCUT2D eigenvalue weighted by Gasteiger charge is 2.33. The largest absolute Gasteiger partial charge is 0.269 e. The molecule has 3 rings (SSSR count). The topological polar surface area (TPSA) is 49.7 Å². The summed E-state index contributed by atoms with van der Waals surface area (Å²) in [5, 5.41) is 0.162. The molecule has 0 amide bonds. The Morgan fingerprint density at radius 2 is 1.71 bits per heavy atom. The average molecular weight is 404 g/mol. The van der Waals surface area contributed by atoms with Gasteiger partial charge in [-0.25, -0.2) is 8.42 Å².